The van der Waals surface area contributed by atoms with E-state index < -0.39 is 11.8 Å². The second-order valence-electron chi connectivity index (χ2n) is 3.62. The van der Waals surface area contributed by atoms with Gasteiger partial charge in [0.1, 0.15) is 0 Å². The fourth-order valence-electron chi connectivity index (χ4n) is 1.24. The van der Waals surface area contributed by atoms with Crippen LogP contribution in [0.5, 0.6) is 0 Å². The van der Waals surface area contributed by atoms with Gasteiger partial charge in [-0.05, 0) is 18.2 Å². The lowest BCUT2D eigenvalue weighted by molar-refractivity contribution is -0.117. The Hall–Kier alpha value is -2.03. The maximum absolute atomic E-state index is 11.6. The second-order valence-corrected chi connectivity index (χ2v) is 4.03. The Bertz CT molecular complexity index is 547. The molecule has 1 rings (SSSR count). The van der Waals surface area contributed by atoms with Crippen molar-refractivity contribution < 1.29 is 14.7 Å². The fourth-order valence-corrected chi connectivity index (χ4v) is 1.47. The average Bonchev–Trinajstić information content (AvgIpc) is 2.38. The van der Waals surface area contributed by atoms with Gasteiger partial charge in [0.15, 0.2) is 0 Å². The van der Waals surface area contributed by atoms with Crippen LogP contribution in [-0.4, -0.2) is 30.1 Å². The Morgan fingerprint density at radius 2 is 2.16 bits per heavy atom. The summed E-state index contributed by atoms with van der Waals surface area (Å²) >= 11 is 5.98. The smallest absolute Gasteiger partial charge is 0.251 e. The third kappa shape index (κ3) is 5.00. The van der Waals surface area contributed by atoms with Crippen LogP contribution in [0.4, 0.5) is 0 Å². The molecule has 2 amide bonds. The minimum atomic E-state index is -0.620. The lowest BCUT2D eigenvalue weighted by Gasteiger charge is -2.04. The van der Waals surface area contributed by atoms with Crippen molar-refractivity contribution in [2.75, 3.05) is 13.2 Å². The molecular weight excluding hydrogens is 268 g/mol. The molecule has 100 valence electrons. The van der Waals surface area contributed by atoms with Crippen molar-refractivity contribution in [1.82, 2.24) is 5.32 Å². The van der Waals surface area contributed by atoms with E-state index in [9.17, 15) is 9.59 Å². The van der Waals surface area contributed by atoms with Gasteiger partial charge in [-0.25, -0.2) is 0 Å². The monoisotopic (exact) mass is 280 g/mol. The number of nitrogens with two attached hydrogens (primary N) is 1. The maximum atomic E-state index is 11.6. The van der Waals surface area contributed by atoms with Crippen molar-refractivity contribution in [2.45, 2.75) is 6.42 Å². The van der Waals surface area contributed by atoms with Crippen LogP contribution >= 0.6 is 11.6 Å². The predicted octanol–water partition coefficient (Wildman–Crippen LogP) is 0.289. The minimum Gasteiger partial charge on any atom is -0.395 e. The summed E-state index contributed by atoms with van der Waals surface area (Å²) in [6, 6.07) is 4.61. The molecule has 0 unspecified atom stereocenters. The molecule has 0 aliphatic rings. The normalized spacial score (nSPS) is 9.37. The van der Waals surface area contributed by atoms with Gasteiger partial charge in [0.05, 0.1) is 18.2 Å². The average molecular weight is 281 g/mol. The van der Waals surface area contributed by atoms with Gasteiger partial charge in [-0.3, -0.25) is 9.59 Å². The number of nitrogens with one attached hydrogen (secondary N) is 1. The number of hydrogen-bond donors (Lipinski definition) is 3. The number of primary amides is 1. The van der Waals surface area contributed by atoms with Crippen molar-refractivity contribution >= 4 is 23.4 Å². The highest BCUT2D eigenvalue weighted by Crippen LogP contribution is 2.17. The first kappa shape index (κ1) is 15.0. The molecule has 0 heterocycles. The van der Waals surface area contributed by atoms with Crippen LogP contribution in [0, 0.1) is 11.8 Å². The number of halogens is 1. The molecule has 0 saturated carbocycles. The van der Waals surface area contributed by atoms with Gasteiger partial charge in [0.2, 0.25) is 5.91 Å². The number of rotatable bonds is 4. The SMILES string of the molecule is NC(=O)CNC(=O)c1ccc(C#CCCO)c(Cl)c1. The molecule has 0 atom stereocenters. The first-order valence-electron chi connectivity index (χ1n) is 5.50. The lowest BCUT2D eigenvalue weighted by atomic mass is 10.1. The first-order valence-corrected chi connectivity index (χ1v) is 5.88. The van der Waals surface area contributed by atoms with Gasteiger partial charge in [-0.15, -0.1) is 0 Å². The third-order valence-electron chi connectivity index (χ3n) is 2.11. The van der Waals surface area contributed by atoms with Gasteiger partial charge in [-0.2, -0.15) is 0 Å². The van der Waals surface area contributed by atoms with Crippen molar-refractivity contribution in [3.05, 3.63) is 34.3 Å². The van der Waals surface area contributed by atoms with Crippen molar-refractivity contribution in [3.63, 3.8) is 0 Å². The van der Waals surface area contributed by atoms with Crippen LogP contribution in [0.2, 0.25) is 5.02 Å². The van der Waals surface area contributed by atoms with Crippen LogP contribution in [0.3, 0.4) is 0 Å². The van der Waals surface area contributed by atoms with Crippen LogP contribution in [-0.2, 0) is 4.79 Å². The lowest BCUT2D eigenvalue weighted by Crippen LogP contribution is -2.33. The van der Waals surface area contributed by atoms with Crippen molar-refractivity contribution in [1.29, 1.82) is 0 Å². The summed E-state index contributed by atoms with van der Waals surface area (Å²) in [7, 11) is 0. The number of carbonyl (C=O) groups is 2. The number of aliphatic hydroxyl groups is 1. The van der Waals surface area contributed by atoms with E-state index in [4.69, 9.17) is 22.4 Å². The van der Waals surface area contributed by atoms with E-state index in [-0.39, 0.29) is 13.2 Å². The number of benzene rings is 1. The van der Waals surface area contributed by atoms with Crippen LogP contribution in [0.1, 0.15) is 22.3 Å². The summed E-state index contributed by atoms with van der Waals surface area (Å²) < 4.78 is 0. The molecule has 0 aromatic heterocycles. The highest BCUT2D eigenvalue weighted by Gasteiger charge is 2.08. The first-order chi connectivity index (χ1) is 9.04. The van der Waals surface area contributed by atoms with Crippen LogP contribution in [0.15, 0.2) is 18.2 Å². The summed E-state index contributed by atoms with van der Waals surface area (Å²) in [5, 5.41) is 11.3. The maximum Gasteiger partial charge on any atom is 0.251 e. The zero-order chi connectivity index (χ0) is 14.3. The third-order valence-corrected chi connectivity index (χ3v) is 2.43. The van der Waals surface area contributed by atoms with Gasteiger partial charge < -0.3 is 16.2 Å². The number of carbonyl (C=O) groups excluding carboxylic acids is 2. The summed E-state index contributed by atoms with van der Waals surface area (Å²) in [6.07, 6.45) is 0.358. The molecule has 6 heteroatoms. The summed E-state index contributed by atoms with van der Waals surface area (Å²) in [4.78, 5) is 22.2. The largest absolute Gasteiger partial charge is 0.395 e. The summed E-state index contributed by atoms with van der Waals surface area (Å²) in [5.74, 6) is 4.46. The second kappa shape index (κ2) is 7.41. The standard InChI is InChI=1S/C13H13ClN2O3/c14-11-7-10(13(19)16-8-12(15)18)5-4-9(11)3-1-2-6-17/h4-5,7,17H,2,6,8H2,(H2,15,18)(H,16,19). The molecule has 0 saturated heterocycles. The molecule has 0 bridgehead atoms. The summed E-state index contributed by atoms with van der Waals surface area (Å²) in [5.41, 5.74) is 5.81. The zero-order valence-corrected chi connectivity index (χ0v) is 10.8. The van der Waals surface area contributed by atoms with Gasteiger partial charge in [0.25, 0.3) is 5.91 Å². The Kier molecular flexibility index (Phi) is 5.86. The van der Waals surface area contributed by atoms with E-state index in [1.165, 1.54) is 6.07 Å². The summed E-state index contributed by atoms with van der Waals surface area (Å²) in [6.45, 7) is -0.243. The van der Waals surface area contributed by atoms with E-state index in [1.807, 2.05) is 0 Å². The highest BCUT2D eigenvalue weighted by atomic mass is 35.5. The zero-order valence-electron chi connectivity index (χ0n) is 10.1. The molecule has 0 fully saturated rings. The molecule has 1 aromatic carbocycles. The Balaban J connectivity index is 2.79. The molecule has 0 spiro atoms. The van der Waals surface area contributed by atoms with Gasteiger partial charge in [-0.1, -0.05) is 23.4 Å². The van der Waals surface area contributed by atoms with E-state index in [0.29, 0.717) is 22.6 Å². The molecule has 0 radical (unpaired) electrons. The molecule has 1 aromatic rings. The van der Waals surface area contributed by atoms with Gasteiger partial charge in [0, 0.05) is 17.5 Å². The number of amides is 2. The molecule has 19 heavy (non-hydrogen) atoms. The topological polar surface area (TPSA) is 92.4 Å². The predicted molar refractivity (Wildman–Crippen MR) is 71.6 cm³/mol. The molecule has 0 aliphatic carbocycles. The Morgan fingerprint density at radius 3 is 2.74 bits per heavy atom. The van der Waals surface area contributed by atoms with Crippen molar-refractivity contribution in [3.8, 4) is 11.8 Å². The quantitative estimate of drug-likeness (QED) is 0.692. The molecule has 4 N–H and O–H groups in total. The van der Waals surface area contributed by atoms with E-state index in [2.05, 4.69) is 17.2 Å². The minimum absolute atomic E-state index is 0.0156. The fraction of sp³-hybridized carbons (Fsp3) is 0.231. The van der Waals surface area contributed by atoms with Crippen LogP contribution in [0.25, 0.3) is 0 Å². The molecule has 0 aliphatic heterocycles. The highest BCUT2D eigenvalue weighted by molar-refractivity contribution is 6.32. The Labute approximate surface area is 115 Å². The number of hydrogen-bond acceptors (Lipinski definition) is 3. The van der Waals surface area contributed by atoms with Gasteiger partial charge >= 0.3 is 0 Å². The Morgan fingerprint density at radius 1 is 1.42 bits per heavy atom. The molecular formula is C13H13ClN2O3. The van der Waals surface area contributed by atoms with Crippen LogP contribution < -0.4 is 11.1 Å². The van der Waals surface area contributed by atoms with E-state index in [0.717, 1.165) is 0 Å². The van der Waals surface area contributed by atoms with E-state index in [1.54, 1.807) is 12.1 Å². The van der Waals surface area contributed by atoms with E-state index >= 15 is 0 Å². The molecule has 5 nitrogen and oxygen atoms in total. The number of aliphatic hydroxyl groups excluding tert-OH is 1. The van der Waals surface area contributed by atoms with Crippen molar-refractivity contribution in [2.24, 2.45) is 5.73 Å².